The van der Waals surface area contributed by atoms with Crippen LogP contribution in [0.1, 0.15) is 37.8 Å². The zero-order chi connectivity index (χ0) is 27.3. The fourth-order valence-corrected chi connectivity index (χ4v) is 6.18. The number of aliphatic carboxylic acids is 1. The van der Waals surface area contributed by atoms with Gasteiger partial charge in [0.1, 0.15) is 16.2 Å². The quantitative estimate of drug-likeness (QED) is 0.356. The smallest absolute Gasteiger partial charge is 0.322 e. The molecule has 11 nitrogen and oxygen atoms in total. The number of sulfonamides is 2. The number of nitrogens with zero attached hydrogens (tertiary/aromatic N) is 1. The van der Waals surface area contributed by atoms with Gasteiger partial charge in [0.15, 0.2) is 17.0 Å². The molecule has 0 aromatic heterocycles. The summed E-state index contributed by atoms with van der Waals surface area (Å²) in [6.07, 6.45) is 1.20. The molecule has 2 aromatic carbocycles. The Labute approximate surface area is 226 Å². The van der Waals surface area contributed by atoms with E-state index in [0.717, 1.165) is 12.3 Å². The SMILES string of the molecule is CC(C)CC[C@@]1(C(=O)O)C(=O)C(C2=NS(=O)(=O)c3cc(NS(C)(=O)=O)ccc3N2)=C(O)c2ccccc21.Cl. The third kappa shape index (κ3) is 5.00. The molecule has 14 heteroatoms. The molecular weight excluding hydrogens is 558 g/mol. The number of Topliss-reactive ketones (excluding diaryl/α,β-unsaturated/α-hetero) is 1. The van der Waals surface area contributed by atoms with Crippen molar-refractivity contribution in [2.24, 2.45) is 10.3 Å². The Bertz CT molecular complexity index is 1610. The van der Waals surface area contributed by atoms with E-state index < -0.39 is 54.4 Å². The van der Waals surface area contributed by atoms with Crippen LogP contribution in [0.25, 0.3) is 5.76 Å². The fraction of sp³-hybridized carbons (Fsp3) is 0.292. The zero-order valence-corrected chi connectivity index (χ0v) is 23.0. The molecule has 204 valence electrons. The van der Waals surface area contributed by atoms with E-state index in [9.17, 15) is 36.6 Å². The molecule has 2 aromatic rings. The van der Waals surface area contributed by atoms with Gasteiger partial charge < -0.3 is 15.5 Å². The number of nitrogens with one attached hydrogen (secondary N) is 2. The number of halogens is 1. The van der Waals surface area contributed by atoms with Crippen LogP contribution >= 0.6 is 12.4 Å². The van der Waals surface area contributed by atoms with Crippen LogP contribution < -0.4 is 10.0 Å². The van der Waals surface area contributed by atoms with Crippen molar-refractivity contribution >= 4 is 67.2 Å². The molecule has 0 spiro atoms. The summed E-state index contributed by atoms with van der Waals surface area (Å²) in [6, 6.07) is 9.70. The number of hydrogen-bond donors (Lipinski definition) is 4. The lowest BCUT2D eigenvalue weighted by atomic mass is 9.65. The minimum absolute atomic E-state index is 0. The van der Waals surface area contributed by atoms with Crippen molar-refractivity contribution in [2.45, 2.75) is 37.0 Å². The van der Waals surface area contributed by atoms with Crippen LogP contribution in [0.4, 0.5) is 11.4 Å². The van der Waals surface area contributed by atoms with Gasteiger partial charge >= 0.3 is 5.97 Å². The minimum atomic E-state index is -4.48. The molecule has 0 saturated carbocycles. The van der Waals surface area contributed by atoms with E-state index in [2.05, 4.69) is 14.4 Å². The van der Waals surface area contributed by atoms with Gasteiger partial charge in [-0.15, -0.1) is 16.8 Å². The van der Waals surface area contributed by atoms with Crippen LogP contribution in [-0.4, -0.2) is 50.9 Å². The van der Waals surface area contributed by atoms with E-state index in [1.807, 2.05) is 13.8 Å². The molecule has 1 heterocycles. The number of fused-ring (bicyclic) bond motifs is 2. The van der Waals surface area contributed by atoms with Gasteiger partial charge in [0.2, 0.25) is 10.0 Å². The molecule has 0 saturated heterocycles. The number of carbonyl (C=O) groups is 2. The third-order valence-electron chi connectivity index (χ3n) is 6.22. The summed E-state index contributed by atoms with van der Waals surface area (Å²) in [7, 11) is -8.17. The Balaban J connectivity index is 0.00000400. The van der Waals surface area contributed by atoms with E-state index in [1.165, 1.54) is 24.3 Å². The van der Waals surface area contributed by atoms with Crippen molar-refractivity contribution in [3.05, 3.63) is 59.2 Å². The predicted octanol–water partition coefficient (Wildman–Crippen LogP) is 3.30. The molecule has 38 heavy (non-hydrogen) atoms. The second kappa shape index (κ2) is 10.0. The van der Waals surface area contributed by atoms with Gasteiger partial charge in [0.05, 0.1) is 11.9 Å². The minimum Gasteiger partial charge on any atom is -0.506 e. The molecule has 0 bridgehead atoms. The van der Waals surface area contributed by atoms with E-state index >= 15 is 0 Å². The molecule has 4 rings (SSSR count). The number of carboxylic acids is 1. The summed E-state index contributed by atoms with van der Waals surface area (Å²) in [6.45, 7) is 3.76. The van der Waals surface area contributed by atoms with Crippen molar-refractivity contribution in [2.75, 3.05) is 16.3 Å². The van der Waals surface area contributed by atoms with Crippen LogP contribution in [0.15, 0.2) is 57.3 Å². The maximum Gasteiger partial charge on any atom is 0.322 e. The zero-order valence-electron chi connectivity index (χ0n) is 20.5. The Morgan fingerprint density at radius 2 is 1.84 bits per heavy atom. The van der Waals surface area contributed by atoms with Crippen LogP contribution in [0.2, 0.25) is 0 Å². The van der Waals surface area contributed by atoms with Crippen LogP contribution in [0.3, 0.4) is 0 Å². The van der Waals surface area contributed by atoms with Crippen LogP contribution in [-0.2, 0) is 35.1 Å². The Hall–Kier alpha value is -3.42. The van der Waals surface area contributed by atoms with Crippen LogP contribution in [0, 0.1) is 5.92 Å². The van der Waals surface area contributed by atoms with Gasteiger partial charge in [-0.2, -0.15) is 8.42 Å². The molecular formula is C24H26ClN3O8S2. The number of aliphatic hydroxyl groups is 1. The van der Waals surface area contributed by atoms with Gasteiger partial charge in [0, 0.05) is 11.3 Å². The summed E-state index contributed by atoms with van der Waals surface area (Å²) < 4.78 is 55.1. The van der Waals surface area contributed by atoms with Gasteiger partial charge in [-0.25, -0.2) is 8.42 Å². The lowest BCUT2D eigenvalue weighted by Crippen LogP contribution is -2.49. The number of hydrogen-bond acceptors (Lipinski definition) is 8. The Morgan fingerprint density at radius 3 is 2.45 bits per heavy atom. The summed E-state index contributed by atoms with van der Waals surface area (Å²) in [5.74, 6) is -3.47. The van der Waals surface area contributed by atoms with Crippen molar-refractivity contribution in [1.82, 2.24) is 0 Å². The molecule has 0 unspecified atom stereocenters. The maximum absolute atomic E-state index is 13.9. The number of rotatable bonds is 7. The topological polar surface area (TPSA) is 179 Å². The Kier molecular flexibility index (Phi) is 7.70. The first kappa shape index (κ1) is 29.1. The fourth-order valence-electron chi connectivity index (χ4n) is 4.48. The first-order valence-electron chi connectivity index (χ1n) is 11.2. The second-order valence-corrected chi connectivity index (χ2v) is 12.7. The van der Waals surface area contributed by atoms with Gasteiger partial charge in [0.25, 0.3) is 10.0 Å². The van der Waals surface area contributed by atoms with Gasteiger partial charge in [-0.05, 0) is 42.5 Å². The molecule has 1 atom stereocenters. The number of benzene rings is 2. The van der Waals surface area contributed by atoms with Crippen molar-refractivity contribution < 1.29 is 36.6 Å². The number of anilines is 2. The summed E-state index contributed by atoms with van der Waals surface area (Å²) >= 11 is 0. The van der Waals surface area contributed by atoms with Gasteiger partial charge in [-0.3, -0.25) is 14.3 Å². The average molecular weight is 584 g/mol. The lowest BCUT2D eigenvalue weighted by Gasteiger charge is -2.36. The molecule has 0 amide bonds. The highest BCUT2D eigenvalue weighted by molar-refractivity contribution is 7.92. The molecule has 0 radical (unpaired) electrons. The van der Waals surface area contributed by atoms with E-state index in [4.69, 9.17) is 0 Å². The lowest BCUT2D eigenvalue weighted by molar-refractivity contribution is -0.148. The summed E-state index contributed by atoms with van der Waals surface area (Å²) in [5.41, 5.74) is -2.47. The average Bonchev–Trinajstić information content (AvgIpc) is 2.78. The molecule has 4 N–H and O–H groups in total. The normalized spacial score (nSPS) is 20.0. The first-order valence-corrected chi connectivity index (χ1v) is 14.6. The number of carbonyl (C=O) groups excluding carboxylic acids is 1. The van der Waals surface area contributed by atoms with Crippen molar-refractivity contribution in [1.29, 1.82) is 0 Å². The maximum atomic E-state index is 13.9. The van der Waals surface area contributed by atoms with Crippen molar-refractivity contribution in [3.63, 3.8) is 0 Å². The summed E-state index contributed by atoms with van der Waals surface area (Å²) in [4.78, 5) is 26.3. The molecule has 2 aliphatic rings. The van der Waals surface area contributed by atoms with Crippen LogP contribution in [0.5, 0.6) is 0 Å². The largest absolute Gasteiger partial charge is 0.506 e. The van der Waals surface area contributed by atoms with Gasteiger partial charge in [-0.1, -0.05) is 38.1 Å². The van der Waals surface area contributed by atoms with E-state index in [-0.39, 0.29) is 52.1 Å². The first-order chi connectivity index (χ1) is 17.2. The van der Waals surface area contributed by atoms with E-state index in [1.54, 1.807) is 12.1 Å². The highest BCUT2D eigenvalue weighted by Gasteiger charge is 2.54. The number of aliphatic hydroxyl groups excluding tert-OH is 1. The molecule has 0 fully saturated rings. The number of ketones is 1. The third-order valence-corrected chi connectivity index (χ3v) is 8.14. The predicted molar refractivity (Wildman–Crippen MR) is 145 cm³/mol. The summed E-state index contributed by atoms with van der Waals surface area (Å²) in [5, 5.41) is 24.2. The second-order valence-electron chi connectivity index (χ2n) is 9.37. The highest BCUT2D eigenvalue weighted by Crippen LogP contribution is 2.45. The standard InChI is InChI=1S/C24H25N3O8S2.ClH/c1-13(2)10-11-24(23(30)31)16-7-5-4-6-15(16)20(28)19(21(24)29)22-25-17-9-8-14(26-36(3,32)33)12-18(17)37(34,35)27-22;/h4-9,12-13,26,28H,10-11H2,1-3H3,(H,25,27)(H,30,31);1H/t24-;/m0./s1. The van der Waals surface area contributed by atoms with E-state index in [0.29, 0.717) is 6.42 Å². The Morgan fingerprint density at radius 1 is 1.18 bits per heavy atom. The monoisotopic (exact) mass is 583 g/mol. The number of amidine groups is 1. The molecule has 1 aliphatic carbocycles. The molecule has 1 aliphatic heterocycles. The highest BCUT2D eigenvalue weighted by atomic mass is 35.5. The van der Waals surface area contributed by atoms with Crippen molar-refractivity contribution in [3.8, 4) is 0 Å². The number of carboxylic acid groups (broad SMARTS) is 1.